The van der Waals surface area contributed by atoms with E-state index in [9.17, 15) is 0 Å². The monoisotopic (exact) mass is 238 g/mol. The first-order valence-electron chi connectivity index (χ1n) is 5.37. The van der Waals surface area contributed by atoms with E-state index in [1.54, 1.807) is 24.2 Å². The van der Waals surface area contributed by atoms with Crippen LogP contribution in [0.25, 0.3) is 0 Å². The van der Waals surface area contributed by atoms with Gasteiger partial charge in [-0.3, -0.25) is 5.32 Å². The summed E-state index contributed by atoms with van der Waals surface area (Å²) in [6.45, 7) is 6.04. The Kier molecular flexibility index (Phi) is 4.84. The number of hydrogen-bond acceptors (Lipinski definition) is 4. The molecule has 0 radical (unpaired) electrons. The topological polar surface area (TPSA) is 64.5 Å². The predicted molar refractivity (Wildman–Crippen MR) is 66.2 cm³/mol. The lowest BCUT2D eigenvalue weighted by Gasteiger charge is -2.25. The lowest BCUT2D eigenvalue weighted by atomic mass is 10.0. The molecule has 0 aliphatic rings. The fourth-order valence-electron chi connectivity index (χ4n) is 1.48. The zero-order valence-corrected chi connectivity index (χ0v) is 10.8. The number of aromatic amines is 1. The fourth-order valence-corrected chi connectivity index (χ4v) is 2.47. The van der Waals surface area contributed by atoms with E-state index in [4.69, 9.17) is 5.26 Å². The van der Waals surface area contributed by atoms with Gasteiger partial charge in [-0.05, 0) is 27.2 Å². The van der Waals surface area contributed by atoms with Gasteiger partial charge in [0, 0.05) is 24.2 Å². The Morgan fingerprint density at radius 1 is 1.69 bits per heavy atom. The molecule has 0 saturated carbocycles. The molecule has 0 aliphatic carbocycles. The molecule has 0 fully saturated rings. The molecule has 1 aromatic heterocycles. The van der Waals surface area contributed by atoms with E-state index in [-0.39, 0.29) is 0 Å². The van der Waals surface area contributed by atoms with Gasteiger partial charge in [0.15, 0.2) is 5.16 Å². The molecule has 1 atom stereocenters. The third-order valence-corrected chi connectivity index (χ3v) is 3.07. The molecule has 1 unspecified atom stereocenters. The summed E-state index contributed by atoms with van der Waals surface area (Å²) in [7, 11) is 0. The van der Waals surface area contributed by atoms with Crippen LogP contribution in [0.15, 0.2) is 17.6 Å². The Hall–Kier alpha value is -0.990. The molecular formula is C11H18N4S. The lowest BCUT2D eigenvalue weighted by molar-refractivity contribution is 0.397. The van der Waals surface area contributed by atoms with Gasteiger partial charge in [0.05, 0.1) is 6.07 Å². The third kappa shape index (κ3) is 4.25. The van der Waals surface area contributed by atoms with Gasteiger partial charge in [0.25, 0.3) is 0 Å². The predicted octanol–water partition coefficient (Wildman–Crippen LogP) is 2.17. The molecule has 4 nitrogen and oxygen atoms in total. The minimum Gasteiger partial charge on any atom is -0.340 e. The minimum atomic E-state index is -0.451. The summed E-state index contributed by atoms with van der Waals surface area (Å²) in [6, 6.07) is 2.65. The van der Waals surface area contributed by atoms with Gasteiger partial charge in [-0.2, -0.15) is 5.26 Å². The van der Waals surface area contributed by atoms with Gasteiger partial charge >= 0.3 is 0 Å². The molecule has 0 bridgehead atoms. The molecular weight excluding hydrogens is 220 g/mol. The molecule has 0 saturated heterocycles. The summed E-state index contributed by atoms with van der Waals surface area (Å²) in [4.78, 5) is 7.16. The first kappa shape index (κ1) is 13.1. The smallest absolute Gasteiger partial charge is 0.165 e. The quantitative estimate of drug-likeness (QED) is 0.745. The number of hydrogen-bond donors (Lipinski definition) is 2. The Balaban J connectivity index is 2.37. The molecule has 0 aromatic carbocycles. The maximum Gasteiger partial charge on any atom is 0.165 e. The molecule has 5 heteroatoms. The molecule has 16 heavy (non-hydrogen) atoms. The van der Waals surface area contributed by atoms with Crippen LogP contribution in [-0.2, 0) is 0 Å². The van der Waals surface area contributed by atoms with Crippen molar-refractivity contribution in [2.75, 3.05) is 5.75 Å². The number of H-pyrrole nitrogens is 1. The fraction of sp³-hybridized carbons (Fsp3) is 0.636. The molecule has 1 rings (SSSR count). The SMILES string of the molecule is CC(C)NC(C)(C#N)CCSc1ncc[nH]1. The lowest BCUT2D eigenvalue weighted by Crippen LogP contribution is -2.45. The van der Waals surface area contributed by atoms with Gasteiger partial charge in [-0.1, -0.05) is 11.8 Å². The summed E-state index contributed by atoms with van der Waals surface area (Å²) in [5.41, 5.74) is -0.451. The van der Waals surface area contributed by atoms with Crippen LogP contribution in [0.1, 0.15) is 27.2 Å². The highest BCUT2D eigenvalue weighted by molar-refractivity contribution is 7.99. The van der Waals surface area contributed by atoms with Gasteiger partial charge in [-0.25, -0.2) is 4.98 Å². The number of nitrogens with one attached hydrogen (secondary N) is 2. The average Bonchev–Trinajstić information content (AvgIpc) is 2.69. The van der Waals surface area contributed by atoms with E-state index < -0.39 is 5.54 Å². The highest BCUT2D eigenvalue weighted by Gasteiger charge is 2.23. The highest BCUT2D eigenvalue weighted by atomic mass is 32.2. The number of thioether (sulfide) groups is 1. The summed E-state index contributed by atoms with van der Waals surface area (Å²) >= 11 is 1.64. The van der Waals surface area contributed by atoms with Crippen LogP contribution < -0.4 is 5.32 Å². The Morgan fingerprint density at radius 2 is 2.44 bits per heavy atom. The molecule has 1 aromatic rings. The van der Waals surface area contributed by atoms with Crippen LogP contribution >= 0.6 is 11.8 Å². The van der Waals surface area contributed by atoms with E-state index in [2.05, 4.69) is 35.2 Å². The summed E-state index contributed by atoms with van der Waals surface area (Å²) in [6.07, 6.45) is 4.34. The second-order valence-electron chi connectivity index (χ2n) is 4.24. The molecule has 2 N–H and O–H groups in total. The van der Waals surface area contributed by atoms with Crippen molar-refractivity contribution in [2.45, 2.75) is 43.9 Å². The highest BCUT2D eigenvalue weighted by Crippen LogP contribution is 2.18. The van der Waals surface area contributed by atoms with E-state index in [0.29, 0.717) is 6.04 Å². The molecule has 0 amide bonds. The second kappa shape index (κ2) is 5.92. The van der Waals surface area contributed by atoms with Crippen LogP contribution in [0.3, 0.4) is 0 Å². The van der Waals surface area contributed by atoms with Gasteiger partial charge in [0.2, 0.25) is 0 Å². The van der Waals surface area contributed by atoms with Crippen molar-refractivity contribution >= 4 is 11.8 Å². The van der Waals surface area contributed by atoms with Crippen LogP contribution in [-0.4, -0.2) is 27.3 Å². The van der Waals surface area contributed by atoms with E-state index in [0.717, 1.165) is 17.3 Å². The van der Waals surface area contributed by atoms with Crippen molar-refractivity contribution in [3.63, 3.8) is 0 Å². The minimum absolute atomic E-state index is 0.318. The summed E-state index contributed by atoms with van der Waals surface area (Å²) < 4.78 is 0. The normalized spacial score (nSPS) is 14.7. The van der Waals surface area contributed by atoms with Crippen LogP contribution in [0.4, 0.5) is 0 Å². The van der Waals surface area contributed by atoms with Gasteiger partial charge < -0.3 is 4.98 Å². The number of rotatable bonds is 6. The van der Waals surface area contributed by atoms with E-state index >= 15 is 0 Å². The zero-order valence-electron chi connectivity index (χ0n) is 9.95. The Morgan fingerprint density at radius 3 is 2.94 bits per heavy atom. The van der Waals surface area contributed by atoms with Crippen molar-refractivity contribution in [3.05, 3.63) is 12.4 Å². The molecule has 0 spiro atoms. The average molecular weight is 238 g/mol. The number of nitrogens with zero attached hydrogens (tertiary/aromatic N) is 2. The van der Waals surface area contributed by atoms with Gasteiger partial charge in [-0.15, -0.1) is 0 Å². The number of aromatic nitrogens is 2. The zero-order chi connectivity index (χ0) is 12.0. The first-order valence-corrected chi connectivity index (χ1v) is 6.35. The van der Waals surface area contributed by atoms with E-state index in [1.807, 2.05) is 6.92 Å². The van der Waals surface area contributed by atoms with E-state index in [1.165, 1.54) is 0 Å². The van der Waals surface area contributed by atoms with Crippen molar-refractivity contribution in [1.82, 2.24) is 15.3 Å². The van der Waals surface area contributed by atoms with Gasteiger partial charge in [0.1, 0.15) is 5.54 Å². The first-order chi connectivity index (χ1) is 7.56. The molecule has 0 aliphatic heterocycles. The van der Waals surface area contributed by atoms with Crippen molar-refractivity contribution in [2.24, 2.45) is 0 Å². The summed E-state index contributed by atoms with van der Waals surface area (Å²) in [5.74, 6) is 0.872. The Labute approximate surface area is 101 Å². The maximum absolute atomic E-state index is 9.15. The van der Waals surface area contributed by atoms with Crippen molar-refractivity contribution in [3.8, 4) is 6.07 Å². The molecule has 88 valence electrons. The second-order valence-corrected chi connectivity index (χ2v) is 5.32. The number of imidazole rings is 1. The van der Waals surface area contributed by atoms with Crippen molar-refractivity contribution in [1.29, 1.82) is 5.26 Å². The molecule has 1 heterocycles. The van der Waals surface area contributed by atoms with Crippen LogP contribution in [0, 0.1) is 11.3 Å². The maximum atomic E-state index is 9.15. The van der Waals surface area contributed by atoms with Crippen LogP contribution in [0.5, 0.6) is 0 Å². The standard InChI is InChI=1S/C11H18N4S/c1-9(2)15-11(3,8-12)4-7-16-10-13-5-6-14-10/h5-6,9,15H,4,7H2,1-3H3,(H,13,14). The number of nitriles is 1. The van der Waals surface area contributed by atoms with Crippen LogP contribution in [0.2, 0.25) is 0 Å². The summed E-state index contributed by atoms with van der Waals surface area (Å²) in [5, 5.41) is 13.3. The Bertz CT molecular complexity index is 341. The largest absolute Gasteiger partial charge is 0.340 e. The third-order valence-electron chi connectivity index (χ3n) is 2.17. The van der Waals surface area contributed by atoms with Crippen molar-refractivity contribution < 1.29 is 0 Å².